The third-order valence-electron chi connectivity index (χ3n) is 2.75. The maximum absolute atomic E-state index is 6.19. The van der Waals surface area contributed by atoms with Crippen molar-refractivity contribution in [1.82, 2.24) is 9.78 Å². The number of nitrogens with zero attached hydrogens (tertiary/aromatic N) is 2. The highest BCUT2D eigenvalue weighted by Crippen LogP contribution is 2.30. The van der Waals surface area contributed by atoms with Gasteiger partial charge < -0.3 is 5.73 Å². The van der Waals surface area contributed by atoms with Crippen LogP contribution in [0.2, 0.25) is 5.15 Å². The van der Waals surface area contributed by atoms with Gasteiger partial charge in [0.25, 0.3) is 0 Å². The lowest BCUT2D eigenvalue weighted by Crippen LogP contribution is -2.20. The molecule has 0 amide bonds. The summed E-state index contributed by atoms with van der Waals surface area (Å²) in [4.78, 5) is 0. The molecule has 3 nitrogen and oxygen atoms in total. The Morgan fingerprint density at radius 2 is 2.07 bits per heavy atom. The van der Waals surface area contributed by atoms with E-state index in [4.69, 9.17) is 17.3 Å². The topological polar surface area (TPSA) is 43.8 Å². The minimum Gasteiger partial charge on any atom is -0.330 e. The van der Waals surface area contributed by atoms with Gasteiger partial charge in [0.05, 0.1) is 5.69 Å². The fraction of sp³-hybridized carbons (Fsp3) is 0.727. The molecule has 1 aromatic rings. The van der Waals surface area contributed by atoms with E-state index in [1.54, 1.807) is 4.68 Å². The fourth-order valence-corrected chi connectivity index (χ4v) is 2.07. The van der Waals surface area contributed by atoms with Gasteiger partial charge in [-0.1, -0.05) is 25.4 Å². The van der Waals surface area contributed by atoms with Gasteiger partial charge in [0.1, 0.15) is 5.15 Å². The number of halogens is 1. The van der Waals surface area contributed by atoms with Gasteiger partial charge in [-0.05, 0) is 31.7 Å². The molecule has 1 aromatic heterocycles. The van der Waals surface area contributed by atoms with E-state index in [9.17, 15) is 0 Å². The predicted molar refractivity (Wildman–Crippen MR) is 64.1 cm³/mol. The van der Waals surface area contributed by atoms with Crippen molar-refractivity contribution >= 4 is 11.6 Å². The largest absolute Gasteiger partial charge is 0.330 e. The van der Waals surface area contributed by atoms with Gasteiger partial charge >= 0.3 is 0 Å². The highest BCUT2D eigenvalue weighted by Gasteiger charge is 2.22. The van der Waals surface area contributed by atoms with Crippen LogP contribution in [0.3, 0.4) is 0 Å². The summed E-state index contributed by atoms with van der Waals surface area (Å²) in [5.41, 5.74) is 7.95. The van der Waals surface area contributed by atoms with E-state index < -0.39 is 0 Å². The summed E-state index contributed by atoms with van der Waals surface area (Å²) in [6.45, 7) is 7.13. The van der Waals surface area contributed by atoms with Crippen LogP contribution in [0, 0.1) is 12.3 Å². The van der Waals surface area contributed by atoms with Crippen molar-refractivity contribution in [3.8, 4) is 0 Å². The Morgan fingerprint density at radius 3 is 2.47 bits per heavy atom. The molecule has 4 heteroatoms. The van der Waals surface area contributed by atoms with E-state index in [-0.39, 0.29) is 5.41 Å². The molecule has 1 rings (SSSR count). The minimum atomic E-state index is 0.187. The Kier molecular flexibility index (Phi) is 3.79. The van der Waals surface area contributed by atoms with Crippen LogP contribution < -0.4 is 5.73 Å². The average Bonchev–Trinajstić information content (AvgIpc) is 2.32. The van der Waals surface area contributed by atoms with Gasteiger partial charge in [-0.25, -0.2) is 0 Å². The zero-order valence-electron chi connectivity index (χ0n) is 9.97. The first-order valence-corrected chi connectivity index (χ1v) is 5.63. The first-order chi connectivity index (χ1) is 6.87. The quantitative estimate of drug-likeness (QED) is 0.861. The zero-order chi connectivity index (χ0) is 11.6. The number of hydrogen-bond donors (Lipinski definition) is 1. The van der Waals surface area contributed by atoms with Gasteiger partial charge in [0, 0.05) is 12.6 Å². The maximum Gasteiger partial charge on any atom is 0.130 e. The van der Waals surface area contributed by atoms with Crippen molar-refractivity contribution in [2.75, 3.05) is 6.54 Å². The Labute approximate surface area is 96.6 Å². The second-order valence-corrected chi connectivity index (χ2v) is 5.22. The molecule has 0 aromatic carbocycles. The van der Waals surface area contributed by atoms with Gasteiger partial charge in [-0.15, -0.1) is 0 Å². The standard InChI is InChI=1S/C11H20ClN3/c1-8-9(10(12)15(4)14-8)7-11(2,3)5-6-13/h5-7,13H2,1-4H3. The minimum absolute atomic E-state index is 0.187. The van der Waals surface area contributed by atoms with Crippen LogP contribution in [-0.4, -0.2) is 16.3 Å². The molecule has 0 saturated carbocycles. The van der Waals surface area contributed by atoms with Gasteiger partial charge in [-0.3, -0.25) is 4.68 Å². The van der Waals surface area contributed by atoms with Crippen molar-refractivity contribution in [2.45, 2.75) is 33.6 Å². The van der Waals surface area contributed by atoms with Crippen LogP contribution in [0.4, 0.5) is 0 Å². The Bertz CT molecular complexity index is 342. The molecule has 86 valence electrons. The molecule has 0 aliphatic rings. The highest BCUT2D eigenvalue weighted by molar-refractivity contribution is 6.30. The fourth-order valence-electron chi connectivity index (χ4n) is 1.83. The van der Waals surface area contributed by atoms with Crippen molar-refractivity contribution in [3.05, 3.63) is 16.4 Å². The second kappa shape index (κ2) is 4.54. The summed E-state index contributed by atoms with van der Waals surface area (Å²) < 4.78 is 1.73. The van der Waals surface area contributed by atoms with E-state index in [0.717, 1.165) is 29.3 Å². The summed E-state index contributed by atoms with van der Waals surface area (Å²) in [5, 5.41) is 5.06. The van der Waals surface area contributed by atoms with Gasteiger partial charge in [0.15, 0.2) is 0 Å². The van der Waals surface area contributed by atoms with Crippen LogP contribution in [0.25, 0.3) is 0 Å². The predicted octanol–water partition coefficient (Wildman–Crippen LogP) is 2.30. The first-order valence-electron chi connectivity index (χ1n) is 5.25. The smallest absolute Gasteiger partial charge is 0.130 e. The Balaban J connectivity index is 2.89. The van der Waals surface area contributed by atoms with Crippen LogP contribution in [0.1, 0.15) is 31.5 Å². The van der Waals surface area contributed by atoms with Gasteiger partial charge in [-0.2, -0.15) is 5.10 Å². The number of nitrogens with two attached hydrogens (primary N) is 1. The zero-order valence-corrected chi connectivity index (χ0v) is 10.7. The lowest BCUT2D eigenvalue weighted by atomic mass is 9.83. The van der Waals surface area contributed by atoms with E-state index in [0.29, 0.717) is 6.54 Å². The molecular formula is C11H20ClN3. The van der Waals surface area contributed by atoms with Crippen LogP contribution >= 0.6 is 11.6 Å². The second-order valence-electron chi connectivity index (χ2n) is 4.86. The average molecular weight is 230 g/mol. The van der Waals surface area contributed by atoms with Crippen molar-refractivity contribution in [2.24, 2.45) is 18.2 Å². The SMILES string of the molecule is Cc1nn(C)c(Cl)c1CC(C)(C)CCN. The Hall–Kier alpha value is -0.540. The van der Waals surface area contributed by atoms with Crippen LogP contribution in [-0.2, 0) is 13.5 Å². The number of rotatable bonds is 4. The number of hydrogen-bond acceptors (Lipinski definition) is 2. The van der Waals surface area contributed by atoms with Crippen molar-refractivity contribution < 1.29 is 0 Å². The molecule has 0 bridgehead atoms. The van der Waals surface area contributed by atoms with Crippen LogP contribution in [0.15, 0.2) is 0 Å². The molecule has 0 aliphatic carbocycles. The molecule has 2 N–H and O–H groups in total. The molecule has 0 aliphatic heterocycles. The van der Waals surface area contributed by atoms with E-state index in [1.165, 1.54) is 0 Å². The van der Waals surface area contributed by atoms with Crippen molar-refractivity contribution in [3.63, 3.8) is 0 Å². The molecule has 0 spiro atoms. The monoisotopic (exact) mass is 229 g/mol. The third kappa shape index (κ3) is 2.95. The molecule has 0 unspecified atom stereocenters. The van der Waals surface area contributed by atoms with E-state index >= 15 is 0 Å². The van der Waals surface area contributed by atoms with E-state index in [1.807, 2.05) is 14.0 Å². The number of aryl methyl sites for hydroxylation is 2. The summed E-state index contributed by atoms with van der Waals surface area (Å²) in [7, 11) is 1.87. The molecular weight excluding hydrogens is 210 g/mol. The lowest BCUT2D eigenvalue weighted by molar-refractivity contribution is 0.338. The van der Waals surface area contributed by atoms with Gasteiger partial charge in [0.2, 0.25) is 0 Å². The summed E-state index contributed by atoms with van der Waals surface area (Å²) in [6.07, 6.45) is 1.93. The molecule has 0 fully saturated rings. The van der Waals surface area contributed by atoms with E-state index in [2.05, 4.69) is 18.9 Å². The highest BCUT2D eigenvalue weighted by atomic mass is 35.5. The summed E-state index contributed by atoms with van der Waals surface area (Å²) in [6, 6.07) is 0. The Morgan fingerprint density at radius 1 is 1.47 bits per heavy atom. The summed E-state index contributed by atoms with van der Waals surface area (Å²) in [5.74, 6) is 0. The molecule has 0 atom stereocenters. The lowest BCUT2D eigenvalue weighted by Gasteiger charge is -2.23. The number of aromatic nitrogens is 2. The first kappa shape index (κ1) is 12.5. The summed E-state index contributed by atoms with van der Waals surface area (Å²) >= 11 is 6.19. The van der Waals surface area contributed by atoms with Crippen LogP contribution in [0.5, 0.6) is 0 Å². The molecule has 0 radical (unpaired) electrons. The normalized spacial score (nSPS) is 12.1. The van der Waals surface area contributed by atoms with Crippen molar-refractivity contribution in [1.29, 1.82) is 0 Å². The molecule has 15 heavy (non-hydrogen) atoms. The molecule has 0 saturated heterocycles. The maximum atomic E-state index is 6.19. The molecule has 1 heterocycles. The third-order valence-corrected chi connectivity index (χ3v) is 3.22.